The fraction of sp³-hybridized carbons (Fsp3) is 0.500. The fourth-order valence-corrected chi connectivity index (χ4v) is 2.73. The molecule has 0 saturated carbocycles. The van der Waals surface area contributed by atoms with Crippen LogP contribution in [-0.2, 0) is 4.74 Å². The number of rotatable bonds is 3. The Morgan fingerprint density at radius 1 is 1.41 bits per heavy atom. The summed E-state index contributed by atoms with van der Waals surface area (Å²) in [6, 6.07) is 1.82. The molecule has 120 valence electrons. The number of hydrogen-bond acceptors (Lipinski definition) is 7. The lowest BCUT2D eigenvalue weighted by molar-refractivity contribution is -0.189. The van der Waals surface area contributed by atoms with E-state index in [0.717, 1.165) is 0 Å². The number of hydrogen-bond donors (Lipinski definition) is 4. The van der Waals surface area contributed by atoms with Gasteiger partial charge in [-0.2, -0.15) is 4.98 Å². The zero-order valence-corrected chi connectivity index (χ0v) is 14.0. The molecular weight excluding hydrogens is 429 g/mol. The first-order valence-corrected chi connectivity index (χ1v) is 7.92. The Bertz CT molecular complexity index is 645. The molecule has 1 fully saturated rings. The summed E-state index contributed by atoms with van der Waals surface area (Å²) in [6.07, 6.45) is -4.07. The van der Waals surface area contributed by atoms with Crippen LogP contribution in [0.5, 0.6) is 6.01 Å². The quantitative estimate of drug-likeness (QED) is 0.393. The van der Waals surface area contributed by atoms with Crippen molar-refractivity contribution in [3.05, 3.63) is 14.8 Å². The Morgan fingerprint density at radius 2 is 2.18 bits per heavy atom. The molecule has 0 aromatic carbocycles. The first-order chi connectivity index (χ1) is 10.5. The number of imidazole rings is 1. The second-order valence-corrected chi connectivity index (χ2v) is 6.29. The standard InChI is InChI=1S/C12H13ClIN3O5/c13-4-1-5-11(16-10(4)14)17-12(15-5)22-7-3-21-6(2-18)8(19)9(7)20/h1,6-9,18-20H,2-3H2,(H,15,16,17)/t6?,7-,8?,9?/m0/s1. The minimum absolute atomic E-state index is 0.0201. The highest BCUT2D eigenvalue weighted by Crippen LogP contribution is 2.24. The van der Waals surface area contributed by atoms with Gasteiger partial charge in [0.2, 0.25) is 0 Å². The first kappa shape index (κ1) is 16.1. The molecule has 4 N–H and O–H groups in total. The molecular formula is C12H13ClIN3O5. The summed E-state index contributed by atoms with van der Waals surface area (Å²) >= 11 is 7.98. The van der Waals surface area contributed by atoms with Gasteiger partial charge in [0.05, 0.1) is 23.8 Å². The van der Waals surface area contributed by atoms with E-state index in [0.29, 0.717) is 19.9 Å². The molecule has 3 rings (SSSR count). The maximum Gasteiger partial charge on any atom is 0.296 e. The largest absolute Gasteiger partial charge is 0.456 e. The normalized spacial score (nSPS) is 29.0. The summed E-state index contributed by atoms with van der Waals surface area (Å²) in [5, 5.41) is 29.4. The molecule has 2 aromatic rings. The average Bonchev–Trinajstić information content (AvgIpc) is 2.86. The van der Waals surface area contributed by atoms with Gasteiger partial charge in [0, 0.05) is 0 Å². The highest BCUT2D eigenvalue weighted by molar-refractivity contribution is 14.1. The average molecular weight is 442 g/mol. The van der Waals surface area contributed by atoms with E-state index in [9.17, 15) is 10.2 Å². The van der Waals surface area contributed by atoms with E-state index < -0.39 is 24.4 Å². The van der Waals surface area contributed by atoms with Gasteiger partial charge in [-0.25, -0.2) is 4.98 Å². The number of aliphatic hydroxyl groups excluding tert-OH is 3. The molecule has 0 radical (unpaired) electrons. The van der Waals surface area contributed by atoms with Crippen LogP contribution in [0.3, 0.4) is 0 Å². The number of aromatic amines is 1. The van der Waals surface area contributed by atoms with Crippen molar-refractivity contribution < 1.29 is 24.8 Å². The lowest BCUT2D eigenvalue weighted by atomic mass is 10.0. The third-order valence-electron chi connectivity index (χ3n) is 3.39. The SMILES string of the molecule is OCC1OC[C@H](Oc2nc3nc(I)c(Cl)cc3[nH]2)C(O)C1O. The predicted octanol–water partition coefficient (Wildman–Crippen LogP) is 0.0762. The second kappa shape index (κ2) is 6.42. The van der Waals surface area contributed by atoms with Gasteiger partial charge in [-0.1, -0.05) is 11.6 Å². The number of fused-ring (bicyclic) bond motifs is 1. The molecule has 1 aliphatic heterocycles. The van der Waals surface area contributed by atoms with Crippen molar-refractivity contribution in [1.29, 1.82) is 0 Å². The third kappa shape index (κ3) is 3.01. The summed E-state index contributed by atoms with van der Waals surface area (Å²) in [7, 11) is 0. The number of ether oxygens (including phenoxy) is 2. The van der Waals surface area contributed by atoms with Crippen LogP contribution in [0.25, 0.3) is 11.2 Å². The topological polar surface area (TPSA) is 121 Å². The lowest BCUT2D eigenvalue weighted by Gasteiger charge is -2.36. The molecule has 3 heterocycles. The number of aliphatic hydroxyl groups is 3. The van der Waals surface area contributed by atoms with Crippen LogP contribution in [-0.4, -0.2) is 67.9 Å². The van der Waals surface area contributed by atoms with E-state index in [4.69, 9.17) is 26.2 Å². The third-order valence-corrected chi connectivity index (χ3v) is 4.82. The summed E-state index contributed by atoms with van der Waals surface area (Å²) < 4.78 is 11.4. The molecule has 4 atom stereocenters. The van der Waals surface area contributed by atoms with Gasteiger partial charge in [-0.05, 0) is 28.7 Å². The van der Waals surface area contributed by atoms with E-state index in [1.807, 2.05) is 22.6 Å². The number of nitrogens with one attached hydrogen (secondary N) is 1. The van der Waals surface area contributed by atoms with E-state index in [2.05, 4.69) is 15.0 Å². The smallest absolute Gasteiger partial charge is 0.296 e. The van der Waals surface area contributed by atoms with E-state index in [1.54, 1.807) is 6.07 Å². The number of H-pyrrole nitrogens is 1. The van der Waals surface area contributed by atoms with Crippen molar-refractivity contribution in [1.82, 2.24) is 15.0 Å². The highest BCUT2D eigenvalue weighted by Gasteiger charge is 2.39. The Labute approximate surface area is 143 Å². The molecule has 10 heteroatoms. The molecule has 1 saturated heterocycles. The fourth-order valence-electron chi connectivity index (χ4n) is 2.19. The summed E-state index contributed by atoms with van der Waals surface area (Å²) in [5.41, 5.74) is 1.03. The maximum absolute atomic E-state index is 10.0. The predicted molar refractivity (Wildman–Crippen MR) is 84.9 cm³/mol. The Kier molecular flexibility index (Phi) is 4.71. The molecule has 3 unspecified atom stereocenters. The highest BCUT2D eigenvalue weighted by atomic mass is 127. The van der Waals surface area contributed by atoms with Crippen molar-refractivity contribution >= 4 is 45.4 Å². The number of nitrogens with zero attached hydrogens (tertiary/aromatic N) is 2. The van der Waals surface area contributed by atoms with E-state index in [1.165, 1.54) is 0 Å². The Hall–Kier alpha value is -0.720. The van der Waals surface area contributed by atoms with E-state index >= 15 is 0 Å². The zero-order chi connectivity index (χ0) is 15.9. The molecule has 0 bridgehead atoms. The van der Waals surface area contributed by atoms with Gasteiger partial charge in [0.15, 0.2) is 11.8 Å². The molecule has 0 amide bonds. The minimum atomic E-state index is -1.23. The van der Waals surface area contributed by atoms with Crippen LogP contribution in [0, 0.1) is 3.70 Å². The van der Waals surface area contributed by atoms with Crippen LogP contribution in [0.2, 0.25) is 5.02 Å². The molecule has 8 nitrogen and oxygen atoms in total. The van der Waals surface area contributed by atoms with Crippen LogP contribution in [0.15, 0.2) is 6.07 Å². The van der Waals surface area contributed by atoms with Gasteiger partial charge >= 0.3 is 0 Å². The number of halogens is 2. The molecule has 1 aliphatic rings. The van der Waals surface area contributed by atoms with Crippen molar-refractivity contribution in [3.63, 3.8) is 0 Å². The van der Waals surface area contributed by atoms with Crippen LogP contribution in [0.4, 0.5) is 0 Å². The number of pyridine rings is 1. The van der Waals surface area contributed by atoms with Crippen molar-refractivity contribution in [2.45, 2.75) is 24.4 Å². The summed E-state index contributed by atoms with van der Waals surface area (Å²) in [6.45, 7) is -0.358. The van der Waals surface area contributed by atoms with Crippen LogP contribution < -0.4 is 4.74 Å². The summed E-state index contributed by atoms with van der Waals surface area (Å²) in [5.74, 6) is 0. The molecule has 22 heavy (non-hydrogen) atoms. The van der Waals surface area contributed by atoms with E-state index in [-0.39, 0.29) is 19.2 Å². The minimum Gasteiger partial charge on any atom is -0.456 e. The first-order valence-electron chi connectivity index (χ1n) is 6.46. The maximum atomic E-state index is 10.0. The molecule has 0 spiro atoms. The zero-order valence-electron chi connectivity index (χ0n) is 11.1. The summed E-state index contributed by atoms with van der Waals surface area (Å²) in [4.78, 5) is 11.3. The monoisotopic (exact) mass is 441 g/mol. The lowest BCUT2D eigenvalue weighted by Crippen LogP contribution is -2.56. The Morgan fingerprint density at radius 3 is 2.91 bits per heavy atom. The molecule has 2 aromatic heterocycles. The van der Waals surface area contributed by atoms with Crippen molar-refractivity contribution in [2.24, 2.45) is 0 Å². The van der Waals surface area contributed by atoms with Gasteiger partial charge in [-0.3, -0.25) is 0 Å². The second-order valence-electron chi connectivity index (χ2n) is 4.87. The van der Waals surface area contributed by atoms with Crippen LogP contribution in [0.1, 0.15) is 0 Å². The van der Waals surface area contributed by atoms with Gasteiger partial charge in [0.1, 0.15) is 22.0 Å². The van der Waals surface area contributed by atoms with Gasteiger partial charge in [-0.15, -0.1) is 0 Å². The van der Waals surface area contributed by atoms with Gasteiger partial charge in [0.25, 0.3) is 6.01 Å². The van der Waals surface area contributed by atoms with Gasteiger partial charge < -0.3 is 29.8 Å². The van der Waals surface area contributed by atoms with Crippen LogP contribution >= 0.6 is 34.2 Å². The molecule has 0 aliphatic carbocycles. The number of aromatic nitrogens is 3. The van der Waals surface area contributed by atoms with Crippen molar-refractivity contribution in [3.8, 4) is 6.01 Å². The Balaban J connectivity index is 1.78. The van der Waals surface area contributed by atoms with Crippen molar-refractivity contribution in [2.75, 3.05) is 13.2 Å².